The summed E-state index contributed by atoms with van der Waals surface area (Å²) in [5.74, 6) is 0.888. The minimum Gasteiger partial charge on any atom is -0.489 e. The number of methoxy groups -OCH3 is 1. The molecule has 2 saturated heterocycles. The van der Waals surface area contributed by atoms with Crippen LogP contribution in [0.1, 0.15) is 19.4 Å². The summed E-state index contributed by atoms with van der Waals surface area (Å²) in [7, 11) is 1.51. The number of benzene rings is 1. The Kier molecular flexibility index (Phi) is 7.24. The molecule has 2 bridgehead atoms. The van der Waals surface area contributed by atoms with Crippen molar-refractivity contribution in [3.05, 3.63) is 35.1 Å². The molecule has 2 aromatic rings. The predicted octanol–water partition coefficient (Wildman–Crippen LogP) is 3.62. The maximum absolute atomic E-state index is 12.4. The second kappa shape index (κ2) is 10.3. The largest absolute Gasteiger partial charge is 0.489 e. The first-order valence-corrected chi connectivity index (χ1v) is 11.3. The number of aromatic nitrogens is 2. The van der Waals surface area contributed by atoms with Crippen molar-refractivity contribution in [1.82, 2.24) is 14.9 Å². The molecule has 0 saturated carbocycles. The summed E-state index contributed by atoms with van der Waals surface area (Å²) in [4.78, 5) is 22.7. The van der Waals surface area contributed by atoms with E-state index in [4.69, 9.17) is 35.8 Å². The lowest BCUT2D eigenvalue weighted by Gasteiger charge is -2.45. The number of piperidine rings is 1. The van der Waals surface area contributed by atoms with Crippen molar-refractivity contribution in [3.63, 3.8) is 0 Å². The SMILES string of the molecule is COc1c(Nc2ccc(C#N)cc2Cl)ncnc1OC1C2COCC1CN(C(=O)OC(C)C)C2. The van der Waals surface area contributed by atoms with Crippen molar-refractivity contribution in [2.24, 2.45) is 11.8 Å². The molecule has 2 atom stereocenters. The van der Waals surface area contributed by atoms with E-state index in [1.165, 1.54) is 13.4 Å². The highest BCUT2D eigenvalue weighted by Crippen LogP contribution is 2.38. The van der Waals surface area contributed by atoms with E-state index in [-0.39, 0.29) is 36.0 Å². The number of likely N-dealkylation sites (tertiary alicyclic amines) is 1. The second-order valence-electron chi connectivity index (χ2n) is 8.47. The first-order valence-electron chi connectivity index (χ1n) is 10.9. The Bertz CT molecular complexity index is 1080. The molecule has 1 amide bonds. The second-order valence-corrected chi connectivity index (χ2v) is 8.88. The van der Waals surface area contributed by atoms with Gasteiger partial charge in [0.25, 0.3) is 5.88 Å². The first kappa shape index (κ1) is 23.9. The van der Waals surface area contributed by atoms with Crippen molar-refractivity contribution >= 4 is 29.2 Å². The number of rotatable bonds is 6. The molecule has 0 spiro atoms. The Morgan fingerprint density at radius 2 is 2.03 bits per heavy atom. The van der Waals surface area contributed by atoms with Crippen LogP contribution in [-0.2, 0) is 9.47 Å². The van der Waals surface area contributed by atoms with Gasteiger partial charge in [0, 0.05) is 24.9 Å². The van der Waals surface area contributed by atoms with Crippen LogP contribution in [-0.4, -0.2) is 66.6 Å². The molecule has 2 fully saturated rings. The van der Waals surface area contributed by atoms with E-state index in [1.54, 1.807) is 23.1 Å². The molecule has 2 unspecified atom stereocenters. The van der Waals surface area contributed by atoms with Gasteiger partial charge in [-0.05, 0) is 32.0 Å². The molecule has 0 radical (unpaired) electrons. The van der Waals surface area contributed by atoms with Gasteiger partial charge in [-0.2, -0.15) is 10.2 Å². The van der Waals surface area contributed by atoms with Crippen molar-refractivity contribution in [2.45, 2.75) is 26.1 Å². The van der Waals surface area contributed by atoms with E-state index in [0.29, 0.717) is 54.1 Å². The number of amides is 1. The smallest absolute Gasteiger partial charge is 0.410 e. The highest BCUT2D eigenvalue weighted by atomic mass is 35.5. The number of ether oxygens (including phenoxy) is 4. The van der Waals surface area contributed by atoms with Gasteiger partial charge in [-0.3, -0.25) is 0 Å². The highest BCUT2D eigenvalue weighted by Gasteiger charge is 2.44. The van der Waals surface area contributed by atoms with E-state index in [0.717, 1.165) is 0 Å². The fraction of sp³-hybridized carbons (Fsp3) is 0.478. The zero-order valence-corrected chi connectivity index (χ0v) is 19.9. The van der Waals surface area contributed by atoms with Crippen molar-refractivity contribution in [1.29, 1.82) is 5.26 Å². The lowest BCUT2D eigenvalue weighted by atomic mass is 9.84. The molecule has 0 aliphatic carbocycles. The molecule has 10 nitrogen and oxygen atoms in total. The molecule has 34 heavy (non-hydrogen) atoms. The average molecular weight is 488 g/mol. The van der Waals surface area contributed by atoms with Crippen LogP contribution in [0, 0.1) is 23.2 Å². The summed E-state index contributed by atoms with van der Waals surface area (Å²) < 4.78 is 23.0. The third kappa shape index (κ3) is 5.11. The molecule has 11 heteroatoms. The quantitative estimate of drug-likeness (QED) is 0.651. The number of carbonyl (C=O) groups excluding carboxylic acids is 1. The third-order valence-corrected chi connectivity index (χ3v) is 5.98. The van der Waals surface area contributed by atoms with Gasteiger partial charge < -0.3 is 29.2 Å². The van der Waals surface area contributed by atoms with Crippen molar-refractivity contribution < 1.29 is 23.7 Å². The van der Waals surface area contributed by atoms with Gasteiger partial charge in [0.1, 0.15) is 12.4 Å². The summed E-state index contributed by atoms with van der Waals surface area (Å²) in [5, 5.41) is 12.5. The normalized spacial score (nSPS) is 21.5. The van der Waals surface area contributed by atoms with Crippen LogP contribution in [0.4, 0.5) is 16.3 Å². The summed E-state index contributed by atoms with van der Waals surface area (Å²) in [6, 6.07) is 6.96. The van der Waals surface area contributed by atoms with E-state index in [2.05, 4.69) is 15.3 Å². The van der Waals surface area contributed by atoms with Crippen LogP contribution in [0.25, 0.3) is 0 Å². The number of nitrogens with zero attached hydrogens (tertiary/aromatic N) is 4. The number of halogens is 1. The third-order valence-electron chi connectivity index (χ3n) is 5.67. The van der Waals surface area contributed by atoms with Gasteiger partial charge >= 0.3 is 6.09 Å². The highest BCUT2D eigenvalue weighted by molar-refractivity contribution is 6.33. The van der Waals surface area contributed by atoms with E-state index < -0.39 is 0 Å². The first-order chi connectivity index (χ1) is 16.4. The number of nitrogens with one attached hydrogen (secondary N) is 1. The van der Waals surface area contributed by atoms with E-state index in [1.807, 2.05) is 19.9 Å². The molecule has 3 heterocycles. The summed E-state index contributed by atoms with van der Waals surface area (Å²) >= 11 is 6.30. The topological polar surface area (TPSA) is 119 Å². The zero-order valence-electron chi connectivity index (χ0n) is 19.2. The van der Waals surface area contributed by atoms with Gasteiger partial charge in [-0.25, -0.2) is 9.78 Å². The Balaban J connectivity index is 1.53. The van der Waals surface area contributed by atoms with Gasteiger partial charge in [0.05, 0.1) is 48.8 Å². The summed E-state index contributed by atoms with van der Waals surface area (Å²) in [6.07, 6.45) is 0.653. The van der Waals surface area contributed by atoms with Crippen molar-refractivity contribution in [3.8, 4) is 17.7 Å². The molecule has 180 valence electrons. The maximum atomic E-state index is 12.4. The van der Waals surface area contributed by atoms with Crippen LogP contribution in [0.2, 0.25) is 5.02 Å². The Morgan fingerprint density at radius 3 is 2.65 bits per heavy atom. The predicted molar refractivity (Wildman–Crippen MR) is 123 cm³/mol. The molecular weight excluding hydrogens is 462 g/mol. The minimum absolute atomic E-state index is 0.0451. The number of hydrogen-bond acceptors (Lipinski definition) is 9. The fourth-order valence-corrected chi connectivity index (χ4v) is 4.40. The number of anilines is 2. The maximum Gasteiger partial charge on any atom is 0.410 e. The molecule has 1 aromatic carbocycles. The lowest BCUT2D eigenvalue weighted by Crippen LogP contribution is -2.58. The Hall–Kier alpha value is -3.29. The summed E-state index contributed by atoms with van der Waals surface area (Å²) in [5.41, 5.74) is 1.01. The van der Waals surface area contributed by atoms with E-state index >= 15 is 0 Å². The number of fused-ring (bicyclic) bond motifs is 2. The van der Waals surface area contributed by atoms with Gasteiger partial charge in [-0.1, -0.05) is 11.6 Å². The molecule has 2 aliphatic rings. The number of carbonyl (C=O) groups is 1. The molecular formula is C23H26ClN5O5. The molecule has 1 aromatic heterocycles. The van der Waals surface area contributed by atoms with Crippen LogP contribution >= 0.6 is 11.6 Å². The molecule has 4 rings (SSSR count). The van der Waals surface area contributed by atoms with Crippen LogP contribution < -0.4 is 14.8 Å². The van der Waals surface area contributed by atoms with Crippen molar-refractivity contribution in [2.75, 3.05) is 38.7 Å². The zero-order chi connectivity index (χ0) is 24.2. The van der Waals surface area contributed by atoms with Crippen LogP contribution in [0.15, 0.2) is 24.5 Å². The monoisotopic (exact) mass is 487 g/mol. The molecule has 2 aliphatic heterocycles. The standard InChI is InChI=1S/C23H26ClN5O5/c1-13(2)33-23(30)29-8-15-10-32-11-16(9-29)19(15)34-22-20(31-3)21(26-12-27-22)28-18-5-4-14(7-25)6-17(18)24/h4-6,12-13,15-16,19H,8-11H2,1-3H3,(H,26,27,28). The fourth-order valence-electron chi connectivity index (χ4n) is 4.17. The lowest BCUT2D eigenvalue weighted by molar-refractivity contribution is -0.111. The summed E-state index contributed by atoms with van der Waals surface area (Å²) in [6.45, 7) is 5.52. The Labute approximate surface area is 202 Å². The van der Waals surface area contributed by atoms with E-state index in [9.17, 15) is 4.79 Å². The van der Waals surface area contributed by atoms with Gasteiger partial charge in [0.15, 0.2) is 5.82 Å². The number of hydrogen-bond donors (Lipinski definition) is 1. The Morgan fingerprint density at radius 1 is 1.29 bits per heavy atom. The average Bonchev–Trinajstić information content (AvgIpc) is 2.80. The number of nitriles is 1. The minimum atomic E-state index is -0.323. The van der Waals surface area contributed by atoms with Gasteiger partial charge in [-0.15, -0.1) is 0 Å². The molecule has 1 N–H and O–H groups in total. The van der Waals surface area contributed by atoms with Crippen LogP contribution in [0.5, 0.6) is 11.6 Å². The van der Waals surface area contributed by atoms with Gasteiger partial charge in [0.2, 0.25) is 5.75 Å². The van der Waals surface area contributed by atoms with Crippen LogP contribution in [0.3, 0.4) is 0 Å².